The minimum absolute atomic E-state index is 0.0343. The van der Waals surface area contributed by atoms with E-state index in [1.807, 2.05) is 21.1 Å². The quantitative estimate of drug-likeness (QED) is 0.258. The van der Waals surface area contributed by atoms with Gasteiger partial charge in [0.1, 0.15) is 19.3 Å². The number of esters is 1. The summed E-state index contributed by atoms with van der Waals surface area (Å²) in [5, 5.41) is 9.03. The van der Waals surface area contributed by atoms with Crippen LogP contribution in [-0.2, 0) is 23.1 Å². The molecule has 0 saturated carbocycles. The van der Waals surface area contributed by atoms with Gasteiger partial charge in [-0.05, 0) is 6.92 Å². The molecule has 0 fully saturated rings. The number of rotatable bonds is 10. The van der Waals surface area contributed by atoms with Gasteiger partial charge in [-0.1, -0.05) is 6.58 Å². The monoisotopic (exact) mass is 326 g/mol. The van der Waals surface area contributed by atoms with Crippen LogP contribution in [0.1, 0.15) is 6.92 Å². The molecule has 0 amide bonds. The summed E-state index contributed by atoms with van der Waals surface area (Å²) in [6.07, 6.45) is -1.06. The molecule has 0 aromatic rings. The summed E-state index contributed by atoms with van der Waals surface area (Å²) in [4.78, 5) is 20.7. The third-order valence-corrected chi connectivity index (χ3v) is 3.25. The SMILES string of the molecule is C=C(C)C(=O)O[C@H](CO)COP(=O)(O)OCC[N+](C)(C)C. The second-order valence-electron chi connectivity index (χ2n) is 5.60. The molecule has 0 radical (unpaired) electrons. The van der Waals surface area contributed by atoms with Crippen molar-refractivity contribution in [3.63, 3.8) is 0 Å². The van der Waals surface area contributed by atoms with Crippen molar-refractivity contribution in [2.45, 2.75) is 13.0 Å². The number of phosphoric ester groups is 1. The first-order valence-corrected chi connectivity index (χ1v) is 7.86. The van der Waals surface area contributed by atoms with Crippen LogP contribution >= 0.6 is 7.82 Å². The molecule has 1 unspecified atom stereocenters. The maximum absolute atomic E-state index is 11.6. The Bertz CT molecular complexity index is 405. The second-order valence-corrected chi connectivity index (χ2v) is 7.06. The molecule has 0 bridgehead atoms. The number of aliphatic hydroxyl groups excluding tert-OH is 1. The molecule has 0 rings (SSSR count). The zero-order valence-corrected chi connectivity index (χ0v) is 13.8. The van der Waals surface area contributed by atoms with Crippen LogP contribution in [0.25, 0.3) is 0 Å². The van der Waals surface area contributed by atoms with Gasteiger partial charge < -0.3 is 19.2 Å². The van der Waals surface area contributed by atoms with Gasteiger partial charge in [0, 0.05) is 5.57 Å². The first-order chi connectivity index (χ1) is 9.47. The average Bonchev–Trinajstić information content (AvgIpc) is 2.31. The highest BCUT2D eigenvalue weighted by atomic mass is 31.2. The molecule has 124 valence electrons. The van der Waals surface area contributed by atoms with Gasteiger partial charge in [0.2, 0.25) is 0 Å². The van der Waals surface area contributed by atoms with Gasteiger partial charge in [0.05, 0.1) is 34.4 Å². The van der Waals surface area contributed by atoms with E-state index >= 15 is 0 Å². The predicted octanol–water partition coefficient (Wildman–Crippen LogP) is 0.306. The Kier molecular flexibility index (Phi) is 8.31. The van der Waals surface area contributed by atoms with Crippen molar-refractivity contribution in [3.8, 4) is 0 Å². The number of hydrogen-bond acceptors (Lipinski definition) is 6. The molecule has 2 atom stereocenters. The molecular formula is C12H25NO7P+. The van der Waals surface area contributed by atoms with Crippen molar-refractivity contribution in [2.75, 3.05) is 47.5 Å². The first kappa shape index (κ1) is 20.2. The van der Waals surface area contributed by atoms with Gasteiger partial charge in [-0.25, -0.2) is 9.36 Å². The highest BCUT2D eigenvalue weighted by Crippen LogP contribution is 2.43. The molecule has 2 N–H and O–H groups in total. The van der Waals surface area contributed by atoms with Gasteiger partial charge >= 0.3 is 13.8 Å². The Morgan fingerprint density at radius 3 is 2.33 bits per heavy atom. The maximum Gasteiger partial charge on any atom is 0.472 e. The van der Waals surface area contributed by atoms with E-state index in [-0.39, 0.29) is 12.2 Å². The number of carbonyl (C=O) groups is 1. The topological polar surface area (TPSA) is 102 Å². The average molecular weight is 326 g/mol. The van der Waals surface area contributed by atoms with Crippen LogP contribution in [0, 0.1) is 0 Å². The van der Waals surface area contributed by atoms with E-state index in [0.29, 0.717) is 11.0 Å². The van der Waals surface area contributed by atoms with E-state index in [9.17, 15) is 14.3 Å². The van der Waals surface area contributed by atoms with Gasteiger partial charge in [-0.3, -0.25) is 9.05 Å². The Hall–Kier alpha value is -0.760. The molecule has 0 aliphatic heterocycles. The van der Waals surface area contributed by atoms with Crippen molar-refractivity contribution < 1.29 is 37.6 Å². The van der Waals surface area contributed by atoms with E-state index in [1.54, 1.807) is 0 Å². The second kappa shape index (κ2) is 8.63. The molecule has 0 aliphatic carbocycles. The summed E-state index contributed by atoms with van der Waals surface area (Å²) in [6.45, 7) is 4.39. The molecule has 0 heterocycles. The van der Waals surface area contributed by atoms with E-state index in [1.165, 1.54) is 6.92 Å². The van der Waals surface area contributed by atoms with Crippen LogP contribution in [0.3, 0.4) is 0 Å². The fraction of sp³-hybridized carbons (Fsp3) is 0.750. The highest BCUT2D eigenvalue weighted by Gasteiger charge is 2.25. The van der Waals surface area contributed by atoms with E-state index in [2.05, 4.69) is 6.58 Å². The van der Waals surface area contributed by atoms with E-state index in [4.69, 9.17) is 18.9 Å². The van der Waals surface area contributed by atoms with E-state index in [0.717, 1.165) is 0 Å². The fourth-order valence-electron chi connectivity index (χ4n) is 1.02. The third kappa shape index (κ3) is 10.6. The van der Waals surface area contributed by atoms with Gasteiger partial charge in [0.15, 0.2) is 0 Å². The summed E-state index contributed by atoms with van der Waals surface area (Å²) in [5.74, 6) is -0.712. The number of hydrogen-bond donors (Lipinski definition) is 2. The molecule has 0 aromatic heterocycles. The number of aliphatic hydroxyl groups is 1. The number of ether oxygens (including phenoxy) is 1. The van der Waals surface area contributed by atoms with Crippen LogP contribution in [-0.4, -0.2) is 74.1 Å². The molecular weight excluding hydrogens is 301 g/mol. The summed E-state index contributed by atoms with van der Waals surface area (Å²) in [7, 11) is 1.48. The minimum Gasteiger partial charge on any atom is -0.454 e. The number of nitrogens with zero attached hydrogens (tertiary/aromatic N) is 1. The standard InChI is InChI=1S/C12H24NO7P/c1-10(2)12(15)20-11(8-14)9-19-21(16,17)18-7-6-13(3,4)5/h11,14H,1,6-9H2,2-5H3/p+1/t11-/m1/s1. The lowest BCUT2D eigenvalue weighted by atomic mass is 10.3. The van der Waals surface area contributed by atoms with E-state index < -0.39 is 33.1 Å². The first-order valence-electron chi connectivity index (χ1n) is 6.36. The molecule has 0 aliphatic rings. The van der Waals surface area contributed by atoms with Crippen LogP contribution in [0.15, 0.2) is 12.2 Å². The maximum atomic E-state index is 11.6. The zero-order valence-electron chi connectivity index (χ0n) is 12.9. The predicted molar refractivity (Wildman–Crippen MR) is 76.4 cm³/mol. The lowest BCUT2D eigenvalue weighted by Crippen LogP contribution is -2.37. The van der Waals surface area contributed by atoms with Gasteiger partial charge in [-0.2, -0.15) is 0 Å². The number of likely N-dealkylation sites (N-methyl/N-ethyl adjacent to an activating group) is 1. The minimum atomic E-state index is -4.25. The number of phosphoric acid groups is 1. The molecule has 0 spiro atoms. The van der Waals surface area contributed by atoms with Gasteiger partial charge in [-0.15, -0.1) is 0 Å². The van der Waals surface area contributed by atoms with Crippen LogP contribution in [0.5, 0.6) is 0 Å². The Balaban J connectivity index is 4.23. The molecule has 8 nitrogen and oxygen atoms in total. The van der Waals surface area contributed by atoms with Crippen molar-refractivity contribution >= 4 is 13.8 Å². The van der Waals surface area contributed by atoms with Crippen molar-refractivity contribution in [1.29, 1.82) is 0 Å². The Labute approximate surface area is 125 Å². The number of quaternary nitrogens is 1. The summed E-state index contributed by atoms with van der Waals surface area (Å²) in [5.41, 5.74) is 0.153. The van der Waals surface area contributed by atoms with Crippen LogP contribution in [0.2, 0.25) is 0 Å². The molecule has 0 aromatic carbocycles. The summed E-state index contributed by atoms with van der Waals surface area (Å²) in [6, 6.07) is 0. The Morgan fingerprint density at radius 2 is 1.90 bits per heavy atom. The molecule has 9 heteroatoms. The lowest BCUT2D eigenvalue weighted by Gasteiger charge is -2.24. The lowest BCUT2D eigenvalue weighted by molar-refractivity contribution is -0.870. The Morgan fingerprint density at radius 1 is 1.33 bits per heavy atom. The molecule has 21 heavy (non-hydrogen) atoms. The fourth-order valence-corrected chi connectivity index (χ4v) is 1.76. The third-order valence-electron chi connectivity index (χ3n) is 2.27. The normalized spacial score (nSPS) is 16.1. The smallest absolute Gasteiger partial charge is 0.454 e. The number of carbonyl (C=O) groups excluding carboxylic acids is 1. The van der Waals surface area contributed by atoms with Crippen molar-refractivity contribution in [3.05, 3.63) is 12.2 Å². The van der Waals surface area contributed by atoms with Crippen molar-refractivity contribution in [1.82, 2.24) is 0 Å². The van der Waals surface area contributed by atoms with Crippen LogP contribution in [0.4, 0.5) is 0 Å². The zero-order chi connectivity index (χ0) is 16.7. The largest absolute Gasteiger partial charge is 0.472 e. The van der Waals surface area contributed by atoms with Crippen molar-refractivity contribution in [2.24, 2.45) is 0 Å². The highest BCUT2D eigenvalue weighted by molar-refractivity contribution is 7.47. The van der Waals surface area contributed by atoms with Crippen LogP contribution < -0.4 is 0 Å². The van der Waals surface area contributed by atoms with Gasteiger partial charge in [0.25, 0.3) is 0 Å². The summed E-state index contributed by atoms with van der Waals surface area (Å²) < 4.78 is 26.5. The molecule has 0 saturated heterocycles. The summed E-state index contributed by atoms with van der Waals surface area (Å²) >= 11 is 0.